The zero-order valence-electron chi connectivity index (χ0n) is 14.3. The third-order valence-corrected chi connectivity index (χ3v) is 5.95. The molecule has 7 nitrogen and oxygen atoms in total. The standard InChI is InChI=1S/C18H12Br2N2O5S/c1-21-17(23)15(28-18(21)24)8-11-6-13(19)16(14(20)7-11)27-9-10-3-2-4-12(5-10)22(25)26/h2-8H,9H2,1H3/b15-8-. The van der Waals surface area contributed by atoms with E-state index in [-0.39, 0.29) is 23.4 Å². The van der Waals surface area contributed by atoms with Gasteiger partial charge >= 0.3 is 0 Å². The highest BCUT2D eigenvalue weighted by Crippen LogP contribution is 2.38. The number of imide groups is 1. The molecule has 0 radical (unpaired) electrons. The molecule has 1 aliphatic heterocycles. The molecule has 1 fully saturated rings. The van der Waals surface area contributed by atoms with Crippen molar-refractivity contribution in [2.24, 2.45) is 0 Å². The Morgan fingerprint density at radius 3 is 2.46 bits per heavy atom. The van der Waals surface area contributed by atoms with Crippen molar-refractivity contribution in [2.75, 3.05) is 7.05 Å². The van der Waals surface area contributed by atoms with Crippen LogP contribution >= 0.6 is 43.6 Å². The predicted molar refractivity (Wildman–Crippen MR) is 113 cm³/mol. The van der Waals surface area contributed by atoms with Gasteiger partial charge in [-0.15, -0.1) is 0 Å². The second-order valence-corrected chi connectivity index (χ2v) is 8.47. The molecule has 1 saturated heterocycles. The Morgan fingerprint density at radius 2 is 1.89 bits per heavy atom. The first-order chi connectivity index (χ1) is 13.3. The van der Waals surface area contributed by atoms with E-state index in [1.165, 1.54) is 19.2 Å². The number of nitro benzene ring substituents is 1. The van der Waals surface area contributed by atoms with Gasteiger partial charge in [0.2, 0.25) is 0 Å². The lowest BCUT2D eigenvalue weighted by Gasteiger charge is -2.11. The maximum atomic E-state index is 12.0. The zero-order chi connectivity index (χ0) is 20.4. The molecule has 0 aliphatic carbocycles. The molecule has 0 spiro atoms. The molecule has 2 amide bonds. The van der Waals surface area contributed by atoms with E-state index in [0.29, 0.717) is 30.7 Å². The number of ether oxygens (including phenoxy) is 1. The highest BCUT2D eigenvalue weighted by molar-refractivity contribution is 9.11. The Morgan fingerprint density at radius 1 is 1.21 bits per heavy atom. The van der Waals surface area contributed by atoms with Crippen LogP contribution < -0.4 is 4.74 Å². The van der Waals surface area contributed by atoms with E-state index in [1.807, 2.05) is 0 Å². The number of amides is 2. The number of benzene rings is 2. The fraction of sp³-hybridized carbons (Fsp3) is 0.111. The van der Waals surface area contributed by atoms with Crippen LogP contribution in [0.3, 0.4) is 0 Å². The van der Waals surface area contributed by atoms with Crippen molar-refractivity contribution in [3.8, 4) is 5.75 Å². The summed E-state index contributed by atoms with van der Waals surface area (Å²) in [7, 11) is 1.44. The Bertz CT molecular complexity index is 1000. The summed E-state index contributed by atoms with van der Waals surface area (Å²) in [5.41, 5.74) is 1.37. The fourth-order valence-electron chi connectivity index (χ4n) is 2.41. The number of carbonyl (C=O) groups excluding carboxylic acids is 2. The molecule has 10 heteroatoms. The van der Waals surface area contributed by atoms with E-state index in [9.17, 15) is 19.7 Å². The number of nitro groups is 1. The van der Waals surface area contributed by atoms with Crippen molar-refractivity contribution in [3.63, 3.8) is 0 Å². The van der Waals surface area contributed by atoms with Crippen LogP contribution in [0.25, 0.3) is 6.08 Å². The Hall–Kier alpha value is -2.17. The molecule has 0 saturated carbocycles. The summed E-state index contributed by atoms with van der Waals surface area (Å²) in [6, 6.07) is 9.74. The quantitative estimate of drug-likeness (QED) is 0.295. The molecule has 2 aromatic carbocycles. The first-order valence-corrected chi connectivity index (χ1v) is 10.2. The lowest BCUT2D eigenvalue weighted by atomic mass is 10.2. The van der Waals surface area contributed by atoms with Gasteiger partial charge in [-0.05, 0) is 73.0 Å². The van der Waals surface area contributed by atoms with Gasteiger partial charge in [-0.25, -0.2) is 0 Å². The SMILES string of the molecule is CN1C(=O)S/C(=C\c2cc(Br)c(OCc3cccc([N+](=O)[O-])c3)c(Br)c2)C1=O. The van der Waals surface area contributed by atoms with Crippen molar-refractivity contribution in [3.05, 3.63) is 71.5 Å². The van der Waals surface area contributed by atoms with Gasteiger partial charge in [0.15, 0.2) is 0 Å². The minimum absolute atomic E-state index is 0.000509. The van der Waals surface area contributed by atoms with E-state index in [1.54, 1.807) is 30.3 Å². The molecular formula is C18H12Br2N2O5S. The largest absolute Gasteiger partial charge is 0.487 e. The van der Waals surface area contributed by atoms with E-state index >= 15 is 0 Å². The summed E-state index contributed by atoms with van der Waals surface area (Å²) in [6.45, 7) is 0.146. The average molecular weight is 528 g/mol. The minimum Gasteiger partial charge on any atom is -0.487 e. The minimum atomic E-state index is -0.456. The maximum Gasteiger partial charge on any atom is 0.293 e. The molecule has 28 heavy (non-hydrogen) atoms. The number of halogens is 2. The summed E-state index contributed by atoms with van der Waals surface area (Å²) in [5.74, 6) is 0.181. The molecular weight excluding hydrogens is 516 g/mol. The molecule has 0 atom stereocenters. The number of nitrogens with zero attached hydrogens (tertiary/aromatic N) is 2. The number of non-ortho nitro benzene ring substituents is 1. The summed E-state index contributed by atoms with van der Waals surface area (Å²) < 4.78 is 7.06. The third-order valence-electron chi connectivity index (χ3n) is 3.81. The van der Waals surface area contributed by atoms with Gasteiger partial charge in [-0.2, -0.15) is 0 Å². The Balaban J connectivity index is 1.79. The van der Waals surface area contributed by atoms with Gasteiger partial charge < -0.3 is 4.74 Å². The summed E-state index contributed by atoms with van der Waals surface area (Å²) in [5, 5.41) is 10.6. The van der Waals surface area contributed by atoms with Gasteiger partial charge in [-0.1, -0.05) is 12.1 Å². The summed E-state index contributed by atoms with van der Waals surface area (Å²) >= 11 is 7.76. The van der Waals surface area contributed by atoms with Crippen molar-refractivity contribution in [2.45, 2.75) is 6.61 Å². The van der Waals surface area contributed by atoms with E-state index < -0.39 is 4.92 Å². The van der Waals surface area contributed by atoms with Crippen LogP contribution in [0.15, 0.2) is 50.2 Å². The molecule has 0 N–H and O–H groups in total. The van der Waals surface area contributed by atoms with E-state index in [0.717, 1.165) is 16.7 Å². The van der Waals surface area contributed by atoms with Gasteiger partial charge in [0, 0.05) is 19.2 Å². The van der Waals surface area contributed by atoms with Crippen molar-refractivity contribution < 1.29 is 19.2 Å². The fourth-order valence-corrected chi connectivity index (χ4v) is 4.69. The van der Waals surface area contributed by atoms with E-state index in [2.05, 4.69) is 31.9 Å². The zero-order valence-corrected chi connectivity index (χ0v) is 18.3. The Kier molecular flexibility index (Phi) is 6.21. The smallest absolute Gasteiger partial charge is 0.293 e. The number of hydrogen-bond acceptors (Lipinski definition) is 6. The number of thioether (sulfide) groups is 1. The molecule has 0 aromatic heterocycles. The normalized spacial score (nSPS) is 15.4. The van der Waals surface area contributed by atoms with Gasteiger partial charge in [0.25, 0.3) is 16.8 Å². The van der Waals surface area contributed by atoms with Crippen molar-refractivity contribution in [1.82, 2.24) is 4.90 Å². The lowest BCUT2D eigenvalue weighted by Crippen LogP contribution is -2.22. The molecule has 1 heterocycles. The molecule has 1 aliphatic rings. The maximum absolute atomic E-state index is 12.0. The number of hydrogen-bond donors (Lipinski definition) is 0. The van der Waals surface area contributed by atoms with Gasteiger partial charge in [0.05, 0.1) is 18.8 Å². The highest BCUT2D eigenvalue weighted by atomic mass is 79.9. The van der Waals surface area contributed by atoms with Gasteiger partial charge in [-0.3, -0.25) is 24.6 Å². The Labute approximate surface area is 181 Å². The number of rotatable bonds is 5. The summed E-state index contributed by atoms with van der Waals surface area (Å²) in [6.07, 6.45) is 1.63. The predicted octanol–water partition coefficient (Wildman–Crippen LogP) is 5.36. The summed E-state index contributed by atoms with van der Waals surface area (Å²) in [4.78, 5) is 35.4. The monoisotopic (exact) mass is 526 g/mol. The van der Waals surface area contributed by atoms with Crippen LogP contribution in [0.4, 0.5) is 10.5 Å². The number of carbonyl (C=O) groups is 2. The van der Waals surface area contributed by atoms with Crippen LogP contribution in [0, 0.1) is 10.1 Å². The second kappa shape index (κ2) is 8.46. The molecule has 3 rings (SSSR count). The van der Waals surface area contributed by atoms with Crippen molar-refractivity contribution in [1.29, 1.82) is 0 Å². The highest BCUT2D eigenvalue weighted by Gasteiger charge is 2.31. The molecule has 0 bridgehead atoms. The van der Waals surface area contributed by atoms with Crippen LogP contribution in [0.1, 0.15) is 11.1 Å². The first-order valence-electron chi connectivity index (χ1n) is 7.83. The molecule has 2 aromatic rings. The molecule has 0 unspecified atom stereocenters. The van der Waals surface area contributed by atoms with E-state index in [4.69, 9.17) is 4.74 Å². The topological polar surface area (TPSA) is 89.8 Å². The van der Waals surface area contributed by atoms with Crippen molar-refractivity contribution >= 4 is 66.5 Å². The number of likely N-dealkylation sites (N-methyl/N-ethyl adjacent to an activating group) is 1. The van der Waals surface area contributed by atoms with Crippen LogP contribution in [-0.2, 0) is 11.4 Å². The van der Waals surface area contributed by atoms with Crippen LogP contribution in [0.5, 0.6) is 5.75 Å². The average Bonchev–Trinajstić information content (AvgIpc) is 2.88. The molecule has 144 valence electrons. The third kappa shape index (κ3) is 4.45. The van der Waals surface area contributed by atoms with Crippen LogP contribution in [-0.4, -0.2) is 28.0 Å². The van der Waals surface area contributed by atoms with Crippen LogP contribution in [0.2, 0.25) is 0 Å². The van der Waals surface area contributed by atoms with Gasteiger partial charge in [0.1, 0.15) is 12.4 Å². The lowest BCUT2D eigenvalue weighted by molar-refractivity contribution is -0.384. The second-order valence-electron chi connectivity index (χ2n) is 5.77. The first kappa shape index (κ1) is 20.6.